The third-order valence-corrected chi connectivity index (χ3v) is 2.78. The quantitative estimate of drug-likeness (QED) is 0.591. The lowest BCUT2D eigenvalue weighted by atomic mass is 10.0. The van der Waals surface area contributed by atoms with Crippen molar-refractivity contribution in [1.29, 1.82) is 0 Å². The number of hydrogen-bond acceptors (Lipinski definition) is 3. The molecule has 0 heterocycles. The van der Waals surface area contributed by atoms with E-state index in [2.05, 4.69) is 5.32 Å². The summed E-state index contributed by atoms with van der Waals surface area (Å²) in [6, 6.07) is 1.48. The molecule has 1 atom stereocenters. The maximum Gasteiger partial charge on any atom is 0.261 e. The van der Waals surface area contributed by atoms with Crippen molar-refractivity contribution in [2.75, 3.05) is 27.4 Å². The van der Waals surface area contributed by atoms with E-state index in [4.69, 9.17) is 9.47 Å². The molecule has 0 saturated carbocycles. The van der Waals surface area contributed by atoms with Gasteiger partial charge in [-0.2, -0.15) is 0 Å². The lowest BCUT2D eigenvalue weighted by Crippen LogP contribution is -2.21. The van der Waals surface area contributed by atoms with E-state index in [0.29, 0.717) is 0 Å². The van der Waals surface area contributed by atoms with Gasteiger partial charge in [-0.3, -0.25) is 0 Å². The Labute approximate surface area is 114 Å². The Hall–Kier alpha value is -1.34. The highest BCUT2D eigenvalue weighted by atomic mass is 19.3. The Morgan fingerprint density at radius 2 is 1.80 bits per heavy atom. The van der Waals surface area contributed by atoms with Crippen molar-refractivity contribution >= 4 is 0 Å². The molecule has 0 saturated heterocycles. The third kappa shape index (κ3) is 4.64. The Morgan fingerprint density at radius 1 is 1.20 bits per heavy atom. The molecular formula is C13H17F4NO2. The van der Waals surface area contributed by atoms with Gasteiger partial charge in [0.25, 0.3) is 6.43 Å². The van der Waals surface area contributed by atoms with Gasteiger partial charge >= 0.3 is 0 Å². The highest BCUT2D eigenvalue weighted by Crippen LogP contribution is 2.27. The molecule has 0 aromatic heterocycles. The second kappa shape index (κ2) is 8.06. The first-order valence-electron chi connectivity index (χ1n) is 6.05. The first kappa shape index (κ1) is 16.7. The van der Waals surface area contributed by atoms with Gasteiger partial charge in [0.2, 0.25) is 0 Å². The van der Waals surface area contributed by atoms with Crippen LogP contribution in [0.1, 0.15) is 18.0 Å². The van der Waals surface area contributed by atoms with E-state index in [1.807, 2.05) is 0 Å². The van der Waals surface area contributed by atoms with Crippen LogP contribution in [0.15, 0.2) is 12.1 Å². The van der Waals surface area contributed by atoms with Crippen molar-refractivity contribution in [1.82, 2.24) is 5.32 Å². The molecule has 0 aliphatic carbocycles. The Bertz CT molecular complexity index is 406. The van der Waals surface area contributed by atoms with Crippen LogP contribution in [0.4, 0.5) is 17.6 Å². The van der Waals surface area contributed by atoms with Crippen LogP contribution in [-0.2, 0) is 4.74 Å². The molecule has 1 aromatic rings. The van der Waals surface area contributed by atoms with Gasteiger partial charge in [0.05, 0.1) is 7.11 Å². The first-order valence-corrected chi connectivity index (χ1v) is 6.05. The lowest BCUT2D eigenvalue weighted by molar-refractivity contribution is 0.0144. The fourth-order valence-electron chi connectivity index (χ4n) is 1.82. The second-order valence-electron chi connectivity index (χ2n) is 4.10. The van der Waals surface area contributed by atoms with E-state index < -0.39 is 30.7 Å². The fourth-order valence-corrected chi connectivity index (χ4v) is 1.82. The van der Waals surface area contributed by atoms with Gasteiger partial charge in [0.1, 0.15) is 24.0 Å². The molecule has 1 N–H and O–H groups in total. The van der Waals surface area contributed by atoms with Crippen molar-refractivity contribution in [2.24, 2.45) is 0 Å². The molecule has 0 radical (unpaired) electrons. The van der Waals surface area contributed by atoms with Crippen LogP contribution < -0.4 is 10.1 Å². The lowest BCUT2D eigenvalue weighted by Gasteiger charge is -2.18. The summed E-state index contributed by atoms with van der Waals surface area (Å²) >= 11 is 0. The minimum absolute atomic E-state index is 0.0270. The van der Waals surface area contributed by atoms with E-state index in [1.54, 1.807) is 0 Å². The fraction of sp³-hybridized carbons (Fsp3) is 0.538. The summed E-state index contributed by atoms with van der Waals surface area (Å²) in [5.41, 5.74) is -0.158. The zero-order valence-corrected chi connectivity index (χ0v) is 11.3. The molecule has 0 bridgehead atoms. The van der Waals surface area contributed by atoms with Gasteiger partial charge in [0.15, 0.2) is 0 Å². The topological polar surface area (TPSA) is 30.5 Å². The summed E-state index contributed by atoms with van der Waals surface area (Å²) in [5, 5.41) is 2.74. The van der Waals surface area contributed by atoms with E-state index in [1.165, 1.54) is 14.2 Å². The SMILES string of the molecule is CNC(CCOCC(F)F)c1c(F)cc(OC)cc1F. The van der Waals surface area contributed by atoms with Crippen molar-refractivity contribution in [2.45, 2.75) is 18.9 Å². The maximum absolute atomic E-state index is 13.9. The predicted molar refractivity (Wildman–Crippen MR) is 66.2 cm³/mol. The van der Waals surface area contributed by atoms with E-state index in [9.17, 15) is 17.6 Å². The summed E-state index contributed by atoms with van der Waals surface area (Å²) in [4.78, 5) is 0. The van der Waals surface area contributed by atoms with Crippen LogP contribution >= 0.6 is 0 Å². The highest BCUT2D eigenvalue weighted by molar-refractivity contribution is 5.32. The smallest absolute Gasteiger partial charge is 0.261 e. The molecule has 20 heavy (non-hydrogen) atoms. The van der Waals surface area contributed by atoms with Crippen molar-refractivity contribution in [3.05, 3.63) is 29.3 Å². The molecular weight excluding hydrogens is 278 g/mol. The van der Waals surface area contributed by atoms with Crippen LogP contribution in [0.5, 0.6) is 5.75 Å². The molecule has 114 valence electrons. The Balaban J connectivity index is 2.74. The molecule has 0 fully saturated rings. The molecule has 3 nitrogen and oxygen atoms in total. The second-order valence-corrected chi connectivity index (χ2v) is 4.10. The number of alkyl halides is 2. The summed E-state index contributed by atoms with van der Waals surface area (Å²) in [7, 11) is 2.84. The minimum atomic E-state index is -2.56. The Morgan fingerprint density at radius 3 is 2.25 bits per heavy atom. The Kier molecular flexibility index (Phi) is 6.74. The molecule has 1 unspecified atom stereocenters. The number of hydrogen-bond donors (Lipinski definition) is 1. The van der Waals surface area contributed by atoms with Crippen molar-refractivity contribution < 1.29 is 27.0 Å². The zero-order valence-electron chi connectivity index (χ0n) is 11.3. The van der Waals surface area contributed by atoms with Gasteiger partial charge in [-0.15, -0.1) is 0 Å². The molecule has 1 aromatic carbocycles. The average Bonchev–Trinajstić information content (AvgIpc) is 2.39. The number of nitrogens with one attached hydrogen (secondary N) is 1. The normalized spacial score (nSPS) is 12.8. The molecule has 1 rings (SSSR count). The van der Waals surface area contributed by atoms with E-state index in [0.717, 1.165) is 12.1 Å². The molecule has 0 spiro atoms. The van der Waals surface area contributed by atoms with Crippen molar-refractivity contribution in [3.63, 3.8) is 0 Å². The van der Waals surface area contributed by atoms with Crippen LogP contribution in [-0.4, -0.2) is 33.8 Å². The summed E-state index contributed by atoms with van der Waals surface area (Å²) < 4.78 is 61.0. The largest absolute Gasteiger partial charge is 0.497 e. The monoisotopic (exact) mass is 295 g/mol. The average molecular weight is 295 g/mol. The molecule has 0 aliphatic rings. The van der Waals surface area contributed by atoms with Gasteiger partial charge in [-0.25, -0.2) is 17.6 Å². The molecule has 0 amide bonds. The number of methoxy groups -OCH3 is 1. The molecule has 0 aliphatic heterocycles. The van der Waals surface area contributed by atoms with Crippen LogP contribution in [0.2, 0.25) is 0 Å². The van der Waals surface area contributed by atoms with Crippen molar-refractivity contribution in [3.8, 4) is 5.75 Å². The number of rotatable bonds is 8. The first-order chi connectivity index (χ1) is 9.49. The van der Waals surface area contributed by atoms with Crippen LogP contribution in [0.25, 0.3) is 0 Å². The van der Waals surface area contributed by atoms with Gasteiger partial charge in [-0.05, 0) is 13.5 Å². The number of ether oxygens (including phenoxy) is 2. The van der Waals surface area contributed by atoms with E-state index in [-0.39, 0.29) is 24.3 Å². The maximum atomic E-state index is 13.9. The summed E-state index contributed by atoms with van der Waals surface area (Å²) in [5.74, 6) is -1.43. The predicted octanol–water partition coefficient (Wildman–Crippen LogP) is 2.91. The van der Waals surface area contributed by atoms with Gasteiger partial charge in [-0.1, -0.05) is 0 Å². The summed E-state index contributed by atoms with van der Waals surface area (Å²) in [6.45, 7) is -0.717. The van der Waals surface area contributed by atoms with E-state index >= 15 is 0 Å². The van der Waals surface area contributed by atoms with Gasteiger partial charge in [0, 0.05) is 30.3 Å². The summed E-state index contributed by atoms with van der Waals surface area (Å²) in [6.07, 6.45) is -2.39. The number of halogens is 4. The zero-order chi connectivity index (χ0) is 15.1. The minimum Gasteiger partial charge on any atom is -0.497 e. The van der Waals surface area contributed by atoms with Crippen LogP contribution in [0.3, 0.4) is 0 Å². The standard InChI is InChI=1S/C13H17F4NO2/c1-18-11(3-4-20-7-12(16)17)13-9(14)5-8(19-2)6-10(13)15/h5-6,11-12,18H,3-4,7H2,1-2H3. The highest BCUT2D eigenvalue weighted by Gasteiger charge is 2.20. The molecule has 7 heteroatoms. The third-order valence-electron chi connectivity index (χ3n) is 2.78. The van der Waals surface area contributed by atoms with Crippen LogP contribution in [0, 0.1) is 11.6 Å². The van der Waals surface area contributed by atoms with Gasteiger partial charge < -0.3 is 14.8 Å². The number of benzene rings is 1.